The van der Waals surface area contributed by atoms with E-state index in [4.69, 9.17) is 9.40 Å². The van der Waals surface area contributed by atoms with E-state index in [1.807, 2.05) is 47.4 Å². The lowest BCUT2D eigenvalue weighted by Crippen LogP contribution is -2.38. The van der Waals surface area contributed by atoms with Gasteiger partial charge in [0.2, 0.25) is 0 Å². The number of carbonyl (C=O) groups excluding carboxylic acids is 1. The van der Waals surface area contributed by atoms with Gasteiger partial charge in [-0.2, -0.15) is 0 Å². The third-order valence-corrected chi connectivity index (χ3v) is 6.20. The van der Waals surface area contributed by atoms with Crippen LogP contribution in [0.1, 0.15) is 34.3 Å². The Balaban J connectivity index is 1.40. The van der Waals surface area contributed by atoms with Crippen LogP contribution in [0.2, 0.25) is 0 Å². The molecule has 0 saturated carbocycles. The highest BCUT2D eigenvalue weighted by Crippen LogP contribution is 2.33. The summed E-state index contributed by atoms with van der Waals surface area (Å²) in [6.45, 7) is 1.48. The molecule has 1 atom stereocenters. The molecule has 1 aliphatic heterocycles. The van der Waals surface area contributed by atoms with Crippen molar-refractivity contribution in [2.75, 3.05) is 13.1 Å². The van der Waals surface area contributed by atoms with Gasteiger partial charge in [-0.3, -0.25) is 4.79 Å². The van der Waals surface area contributed by atoms with Gasteiger partial charge in [0, 0.05) is 24.4 Å². The second kappa shape index (κ2) is 6.25. The molecule has 1 amide bonds. The van der Waals surface area contributed by atoms with E-state index in [0.717, 1.165) is 40.9 Å². The third kappa shape index (κ3) is 2.69. The van der Waals surface area contributed by atoms with Gasteiger partial charge in [-0.25, -0.2) is 4.98 Å². The summed E-state index contributed by atoms with van der Waals surface area (Å²) in [5.41, 5.74) is 1.81. The fourth-order valence-corrected chi connectivity index (χ4v) is 4.76. The Kier molecular flexibility index (Phi) is 3.75. The van der Waals surface area contributed by atoms with Gasteiger partial charge in [-0.15, -0.1) is 11.3 Å². The molecule has 0 unspecified atom stereocenters. The van der Waals surface area contributed by atoms with Crippen molar-refractivity contribution in [1.29, 1.82) is 0 Å². The normalized spacial score (nSPS) is 17.8. The molecule has 1 saturated heterocycles. The van der Waals surface area contributed by atoms with E-state index in [9.17, 15) is 4.79 Å². The Morgan fingerprint density at radius 1 is 1.15 bits per heavy atom. The highest BCUT2D eigenvalue weighted by Gasteiger charge is 2.29. The molecule has 0 spiro atoms. The van der Waals surface area contributed by atoms with Gasteiger partial charge >= 0.3 is 0 Å². The van der Waals surface area contributed by atoms with Crippen LogP contribution in [0.15, 0.2) is 59.0 Å². The van der Waals surface area contributed by atoms with Gasteiger partial charge in [-0.1, -0.05) is 30.3 Å². The van der Waals surface area contributed by atoms with Crippen LogP contribution in [0, 0.1) is 0 Å². The van der Waals surface area contributed by atoms with Gasteiger partial charge in [0.15, 0.2) is 5.76 Å². The van der Waals surface area contributed by atoms with E-state index in [1.54, 1.807) is 11.3 Å². The number of benzene rings is 2. The summed E-state index contributed by atoms with van der Waals surface area (Å²) in [6.07, 6.45) is 2.07. The first kappa shape index (κ1) is 15.6. The van der Waals surface area contributed by atoms with Crippen LogP contribution in [0.5, 0.6) is 0 Å². The zero-order chi connectivity index (χ0) is 17.5. The van der Waals surface area contributed by atoms with Crippen molar-refractivity contribution in [2.24, 2.45) is 0 Å². The van der Waals surface area contributed by atoms with E-state index in [-0.39, 0.29) is 5.91 Å². The highest BCUT2D eigenvalue weighted by molar-refractivity contribution is 7.18. The molecule has 0 bridgehead atoms. The van der Waals surface area contributed by atoms with Crippen molar-refractivity contribution in [1.82, 2.24) is 9.88 Å². The number of nitrogens with zero attached hydrogens (tertiary/aromatic N) is 2. The topological polar surface area (TPSA) is 46.3 Å². The van der Waals surface area contributed by atoms with Crippen LogP contribution < -0.4 is 0 Å². The minimum absolute atomic E-state index is 0.0213. The molecular weight excluding hydrogens is 344 g/mol. The number of thiazole rings is 1. The minimum atomic E-state index is -0.0213. The summed E-state index contributed by atoms with van der Waals surface area (Å²) in [5.74, 6) is 0.706. The number of piperidine rings is 1. The second-order valence-corrected chi connectivity index (χ2v) is 7.82. The average molecular weight is 362 g/mol. The van der Waals surface area contributed by atoms with E-state index in [0.29, 0.717) is 18.2 Å². The summed E-state index contributed by atoms with van der Waals surface area (Å²) in [4.78, 5) is 19.6. The molecule has 4 nitrogen and oxygen atoms in total. The maximum atomic E-state index is 12.9. The van der Waals surface area contributed by atoms with Crippen LogP contribution in [-0.2, 0) is 0 Å². The van der Waals surface area contributed by atoms with Crippen molar-refractivity contribution >= 4 is 38.4 Å². The lowest BCUT2D eigenvalue weighted by molar-refractivity contribution is 0.0677. The summed E-state index contributed by atoms with van der Waals surface area (Å²) >= 11 is 1.74. The summed E-state index contributed by atoms with van der Waals surface area (Å²) in [5, 5.41) is 2.10. The van der Waals surface area contributed by atoms with Crippen LogP contribution in [-0.4, -0.2) is 28.9 Å². The molecule has 1 aliphatic rings. The van der Waals surface area contributed by atoms with Crippen molar-refractivity contribution < 1.29 is 9.21 Å². The number of furan rings is 1. The Morgan fingerprint density at radius 3 is 2.88 bits per heavy atom. The monoisotopic (exact) mass is 362 g/mol. The first-order valence-electron chi connectivity index (χ1n) is 8.91. The standard InChI is InChI=1S/C21H18N2O2S/c24-21(18-12-14-6-1-3-9-17(14)25-18)23-11-5-7-15(13-23)20-22-16-8-2-4-10-19(16)26-20/h1-4,6,8-10,12,15H,5,7,11,13H2/t15-/m1/s1. The molecule has 26 heavy (non-hydrogen) atoms. The predicted octanol–water partition coefficient (Wildman–Crippen LogP) is 5.06. The number of para-hydroxylation sites is 2. The van der Waals surface area contributed by atoms with Crippen molar-refractivity contribution in [2.45, 2.75) is 18.8 Å². The fourth-order valence-electron chi connectivity index (χ4n) is 3.67. The summed E-state index contributed by atoms with van der Waals surface area (Å²) < 4.78 is 6.98. The fraction of sp³-hybridized carbons (Fsp3) is 0.238. The number of amides is 1. The Bertz CT molecular complexity index is 1030. The lowest BCUT2D eigenvalue weighted by Gasteiger charge is -2.31. The third-order valence-electron chi connectivity index (χ3n) is 5.00. The second-order valence-electron chi connectivity index (χ2n) is 6.76. The quantitative estimate of drug-likeness (QED) is 0.500. The maximum Gasteiger partial charge on any atom is 0.289 e. The Labute approximate surface area is 155 Å². The molecule has 130 valence electrons. The molecular formula is C21H18N2O2S. The molecule has 2 aromatic carbocycles. The molecule has 2 aromatic heterocycles. The van der Waals surface area contributed by atoms with Crippen LogP contribution in [0.4, 0.5) is 0 Å². The first-order chi connectivity index (χ1) is 12.8. The Hall–Kier alpha value is -2.66. The van der Waals surface area contributed by atoms with E-state index in [2.05, 4.69) is 12.1 Å². The largest absolute Gasteiger partial charge is 0.451 e. The molecule has 1 fully saturated rings. The predicted molar refractivity (Wildman–Crippen MR) is 104 cm³/mol. The number of likely N-dealkylation sites (tertiary alicyclic amines) is 1. The van der Waals surface area contributed by atoms with Crippen LogP contribution in [0.25, 0.3) is 21.2 Å². The highest BCUT2D eigenvalue weighted by atomic mass is 32.1. The van der Waals surface area contributed by atoms with Crippen LogP contribution in [0.3, 0.4) is 0 Å². The molecule has 5 rings (SSSR count). The zero-order valence-electron chi connectivity index (χ0n) is 14.2. The number of aromatic nitrogens is 1. The number of hydrogen-bond donors (Lipinski definition) is 0. The maximum absolute atomic E-state index is 12.9. The van der Waals surface area contributed by atoms with Crippen molar-refractivity contribution in [3.63, 3.8) is 0 Å². The SMILES string of the molecule is O=C(c1cc2ccccc2o1)N1CCC[C@@H](c2nc3ccccc3s2)C1. The molecule has 0 N–H and O–H groups in total. The average Bonchev–Trinajstić information content (AvgIpc) is 3.31. The lowest BCUT2D eigenvalue weighted by atomic mass is 9.98. The first-order valence-corrected chi connectivity index (χ1v) is 9.73. The number of fused-ring (bicyclic) bond motifs is 2. The summed E-state index contributed by atoms with van der Waals surface area (Å²) in [7, 11) is 0. The van der Waals surface area contributed by atoms with Gasteiger partial charge in [-0.05, 0) is 37.1 Å². The van der Waals surface area contributed by atoms with Gasteiger partial charge in [0.05, 0.1) is 15.2 Å². The molecule has 5 heteroatoms. The molecule has 0 aliphatic carbocycles. The number of rotatable bonds is 2. The number of hydrogen-bond acceptors (Lipinski definition) is 4. The summed E-state index contributed by atoms with van der Waals surface area (Å²) in [6, 6.07) is 17.8. The van der Waals surface area contributed by atoms with E-state index < -0.39 is 0 Å². The van der Waals surface area contributed by atoms with Gasteiger partial charge in [0.25, 0.3) is 5.91 Å². The molecule has 4 aromatic rings. The molecule has 0 radical (unpaired) electrons. The van der Waals surface area contributed by atoms with E-state index >= 15 is 0 Å². The van der Waals surface area contributed by atoms with E-state index in [1.165, 1.54) is 4.70 Å². The molecule has 3 heterocycles. The van der Waals surface area contributed by atoms with Gasteiger partial charge in [0.1, 0.15) is 5.58 Å². The zero-order valence-corrected chi connectivity index (χ0v) is 15.0. The minimum Gasteiger partial charge on any atom is -0.451 e. The van der Waals surface area contributed by atoms with Crippen LogP contribution >= 0.6 is 11.3 Å². The van der Waals surface area contributed by atoms with Gasteiger partial charge < -0.3 is 9.32 Å². The van der Waals surface area contributed by atoms with Crippen molar-refractivity contribution in [3.8, 4) is 0 Å². The number of carbonyl (C=O) groups is 1. The Morgan fingerprint density at radius 2 is 2.00 bits per heavy atom. The smallest absolute Gasteiger partial charge is 0.289 e. The van der Waals surface area contributed by atoms with Crippen molar-refractivity contribution in [3.05, 3.63) is 65.4 Å².